The van der Waals surface area contributed by atoms with E-state index in [9.17, 15) is 17.6 Å². The Kier molecular flexibility index (Phi) is 6.68. The molecule has 0 unspecified atom stereocenters. The first-order valence-electron chi connectivity index (χ1n) is 9.26. The highest BCUT2D eigenvalue weighted by molar-refractivity contribution is 7.92. The standard InChI is InChI=1S/C22H21FN2O4S/c1-2-29-20-10-12-21(13-11-20)30(27,28)25-19-8-6-17(7-9-19)22(26)24-15-16-4-3-5-18(23)14-16/h3-14,25H,2,15H2,1H3,(H,24,26). The monoisotopic (exact) mass is 428 g/mol. The molecule has 0 aromatic heterocycles. The lowest BCUT2D eigenvalue weighted by molar-refractivity contribution is 0.0951. The first-order valence-corrected chi connectivity index (χ1v) is 10.7. The van der Waals surface area contributed by atoms with Gasteiger partial charge in [0.1, 0.15) is 11.6 Å². The fraction of sp³-hybridized carbons (Fsp3) is 0.136. The van der Waals surface area contributed by atoms with Gasteiger partial charge in [0, 0.05) is 17.8 Å². The summed E-state index contributed by atoms with van der Waals surface area (Å²) in [5.41, 5.74) is 1.32. The summed E-state index contributed by atoms with van der Waals surface area (Å²) in [6.45, 7) is 2.52. The number of carbonyl (C=O) groups is 1. The number of rotatable bonds is 8. The minimum atomic E-state index is -3.77. The highest BCUT2D eigenvalue weighted by Crippen LogP contribution is 2.20. The molecule has 0 bridgehead atoms. The van der Waals surface area contributed by atoms with Crippen LogP contribution in [0.15, 0.2) is 77.7 Å². The Bertz CT molecular complexity index is 1110. The van der Waals surface area contributed by atoms with Gasteiger partial charge in [-0.3, -0.25) is 9.52 Å². The summed E-state index contributed by atoms with van der Waals surface area (Å²) < 4.78 is 46.0. The van der Waals surface area contributed by atoms with E-state index in [1.54, 1.807) is 24.3 Å². The lowest BCUT2D eigenvalue weighted by Gasteiger charge is -2.10. The Morgan fingerprint density at radius 3 is 2.33 bits per heavy atom. The number of hydrogen-bond acceptors (Lipinski definition) is 4. The Hall–Kier alpha value is -3.39. The predicted octanol–water partition coefficient (Wildman–Crippen LogP) is 3.96. The molecule has 0 spiro atoms. The van der Waals surface area contributed by atoms with Crippen LogP contribution in [0, 0.1) is 5.82 Å². The Labute approximate surface area is 174 Å². The van der Waals surface area contributed by atoms with Crippen LogP contribution in [0.2, 0.25) is 0 Å². The maximum atomic E-state index is 13.2. The number of amides is 1. The second-order valence-corrected chi connectivity index (χ2v) is 8.08. The van der Waals surface area contributed by atoms with Gasteiger partial charge < -0.3 is 10.1 Å². The first kappa shape index (κ1) is 21.3. The van der Waals surface area contributed by atoms with E-state index < -0.39 is 10.0 Å². The molecule has 156 valence electrons. The summed E-state index contributed by atoms with van der Waals surface area (Å²) in [5.74, 6) is -0.129. The third kappa shape index (κ3) is 5.57. The summed E-state index contributed by atoms with van der Waals surface area (Å²) in [4.78, 5) is 12.4. The number of nitrogens with one attached hydrogen (secondary N) is 2. The molecule has 3 aromatic rings. The number of anilines is 1. The Morgan fingerprint density at radius 1 is 1.00 bits per heavy atom. The Balaban J connectivity index is 1.62. The van der Waals surface area contributed by atoms with E-state index >= 15 is 0 Å². The first-order chi connectivity index (χ1) is 14.4. The summed E-state index contributed by atoms with van der Waals surface area (Å²) in [6, 6.07) is 18.1. The van der Waals surface area contributed by atoms with Gasteiger partial charge >= 0.3 is 0 Å². The number of sulfonamides is 1. The highest BCUT2D eigenvalue weighted by atomic mass is 32.2. The van der Waals surface area contributed by atoms with Gasteiger partial charge in [-0.15, -0.1) is 0 Å². The fourth-order valence-corrected chi connectivity index (χ4v) is 3.78. The van der Waals surface area contributed by atoms with Crippen LogP contribution in [0.1, 0.15) is 22.8 Å². The van der Waals surface area contributed by atoms with Gasteiger partial charge in [-0.1, -0.05) is 12.1 Å². The van der Waals surface area contributed by atoms with Gasteiger partial charge in [0.2, 0.25) is 0 Å². The number of ether oxygens (including phenoxy) is 1. The normalized spacial score (nSPS) is 11.0. The van der Waals surface area contributed by atoms with E-state index in [-0.39, 0.29) is 23.2 Å². The second-order valence-electron chi connectivity index (χ2n) is 6.40. The van der Waals surface area contributed by atoms with Gasteiger partial charge in [0.05, 0.1) is 11.5 Å². The zero-order valence-electron chi connectivity index (χ0n) is 16.3. The summed E-state index contributed by atoms with van der Waals surface area (Å²) in [5, 5.41) is 2.70. The SMILES string of the molecule is CCOc1ccc(S(=O)(=O)Nc2ccc(C(=O)NCc3cccc(F)c3)cc2)cc1. The molecule has 0 saturated carbocycles. The van der Waals surface area contributed by atoms with Crippen molar-refractivity contribution in [3.63, 3.8) is 0 Å². The molecular formula is C22H21FN2O4S. The van der Waals surface area contributed by atoms with Crippen molar-refractivity contribution in [2.45, 2.75) is 18.4 Å². The number of carbonyl (C=O) groups excluding carboxylic acids is 1. The van der Waals surface area contributed by atoms with Crippen molar-refractivity contribution in [1.29, 1.82) is 0 Å². The van der Waals surface area contributed by atoms with Crippen LogP contribution >= 0.6 is 0 Å². The van der Waals surface area contributed by atoms with Crippen molar-refractivity contribution in [1.82, 2.24) is 5.32 Å². The van der Waals surface area contributed by atoms with Gasteiger partial charge in [-0.25, -0.2) is 12.8 Å². The van der Waals surface area contributed by atoms with Crippen LogP contribution in [0.5, 0.6) is 5.75 Å². The largest absolute Gasteiger partial charge is 0.494 e. The number of benzene rings is 3. The van der Waals surface area contributed by atoms with Crippen LogP contribution in [0.3, 0.4) is 0 Å². The molecule has 0 aliphatic carbocycles. The Morgan fingerprint density at radius 2 is 1.70 bits per heavy atom. The topological polar surface area (TPSA) is 84.5 Å². The van der Waals surface area contributed by atoms with E-state index in [0.717, 1.165) is 0 Å². The third-order valence-corrected chi connectivity index (χ3v) is 5.58. The van der Waals surface area contributed by atoms with Crippen molar-refractivity contribution >= 4 is 21.6 Å². The highest BCUT2D eigenvalue weighted by Gasteiger charge is 2.15. The zero-order valence-corrected chi connectivity index (χ0v) is 17.1. The molecule has 30 heavy (non-hydrogen) atoms. The summed E-state index contributed by atoms with van der Waals surface area (Å²) in [6.07, 6.45) is 0. The predicted molar refractivity (Wildman–Crippen MR) is 112 cm³/mol. The van der Waals surface area contributed by atoms with E-state index in [1.807, 2.05) is 6.92 Å². The van der Waals surface area contributed by atoms with E-state index in [0.29, 0.717) is 29.2 Å². The van der Waals surface area contributed by atoms with E-state index in [4.69, 9.17) is 4.74 Å². The fourth-order valence-electron chi connectivity index (χ4n) is 2.72. The molecule has 3 rings (SSSR count). The van der Waals surface area contributed by atoms with Crippen molar-refractivity contribution in [3.8, 4) is 5.75 Å². The van der Waals surface area contributed by atoms with Crippen LogP contribution in [-0.4, -0.2) is 20.9 Å². The minimum absolute atomic E-state index is 0.0999. The van der Waals surface area contributed by atoms with E-state index in [2.05, 4.69) is 10.0 Å². The molecule has 0 radical (unpaired) electrons. The smallest absolute Gasteiger partial charge is 0.261 e. The average molecular weight is 428 g/mol. The van der Waals surface area contributed by atoms with Crippen molar-refractivity contribution in [2.24, 2.45) is 0 Å². The molecule has 0 fully saturated rings. The molecule has 6 nitrogen and oxygen atoms in total. The molecule has 0 aliphatic heterocycles. The lowest BCUT2D eigenvalue weighted by atomic mass is 10.2. The van der Waals surface area contributed by atoms with Crippen LogP contribution < -0.4 is 14.8 Å². The number of hydrogen-bond donors (Lipinski definition) is 2. The maximum absolute atomic E-state index is 13.2. The molecule has 3 aromatic carbocycles. The molecular weight excluding hydrogens is 407 g/mol. The average Bonchev–Trinajstić information content (AvgIpc) is 2.73. The van der Waals surface area contributed by atoms with Crippen LogP contribution in [-0.2, 0) is 16.6 Å². The minimum Gasteiger partial charge on any atom is -0.494 e. The molecule has 0 atom stereocenters. The molecule has 0 heterocycles. The van der Waals surface area contributed by atoms with Gasteiger partial charge in [0.25, 0.3) is 15.9 Å². The molecule has 1 amide bonds. The maximum Gasteiger partial charge on any atom is 0.261 e. The second kappa shape index (κ2) is 9.41. The molecule has 2 N–H and O–H groups in total. The van der Waals surface area contributed by atoms with E-state index in [1.165, 1.54) is 48.5 Å². The molecule has 8 heteroatoms. The molecule has 0 aliphatic rings. The lowest BCUT2D eigenvalue weighted by Crippen LogP contribution is -2.22. The van der Waals surface area contributed by atoms with Gasteiger partial charge in [-0.05, 0) is 73.2 Å². The number of halogens is 1. The van der Waals surface area contributed by atoms with Crippen molar-refractivity contribution < 1.29 is 22.3 Å². The van der Waals surface area contributed by atoms with Gasteiger partial charge in [-0.2, -0.15) is 0 Å². The third-order valence-electron chi connectivity index (χ3n) is 4.19. The van der Waals surface area contributed by atoms with Crippen LogP contribution in [0.4, 0.5) is 10.1 Å². The zero-order chi connectivity index (χ0) is 21.6. The summed E-state index contributed by atoms with van der Waals surface area (Å²) >= 11 is 0. The van der Waals surface area contributed by atoms with Gasteiger partial charge in [0.15, 0.2) is 0 Å². The summed E-state index contributed by atoms with van der Waals surface area (Å²) in [7, 11) is -3.77. The van der Waals surface area contributed by atoms with Crippen molar-refractivity contribution in [2.75, 3.05) is 11.3 Å². The quantitative estimate of drug-likeness (QED) is 0.569. The van der Waals surface area contributed by atoms with Crippen molar-refractivity contribution in [3.05, 3.63) is 89.7 Å². The molecule has 0 saturated heterocycles. The van der Waals surface area contributed by atoms with Crippen LogP contribution in [0.25, 0.3) is 0 Å².